The van der Waals surface area contributed by atoms with Crippen LogP contribution in [0.3, 0.4) is 0 Å². The van der Waals surface area contributed by atoms with Crippen LogP contribution in [0.2, 0.25) is 0 Å². The molecule has 1 N–H and O–H groups in total. The third-order valence-corrected chi connectivity index (χ3v) is 1.95. The Bertz CT molecular complexity index is 498. The molecule has 5 heteroatoms. The fourth-order valence-electron chi connectivity index (χ4n) is 1.20. The molecule has 0 aliphatic heterocycles. The number of anilines is 1. The molecular formula is C11H10N4O. The second-order valence-electron chi connectivity index (χ2n) is 3.26. The van der Waals surface area contributed by atoms with Gasteiger partial charge in [-0.3, -0.25) is 9.78 Å². The first-order valence-electron chi connectivity index (χ1n) is 4.76. The maximum absolute atomic E-state index is 11.7. The second kappa shape index (κ2) is 4.48. The van der Waals surface area contributed by atoms with E-state index in [0.29, 0.717) is 5.82 Å². The summed E-state index contributed by atoms with van der Waals surface area (Å²) in [5.41, 5.74) is 1.30. The summed E-state index contributed by atoms with van der Waals surface area (Å²) in [7, 11) is 0. The Hall–Kier alpha value is -2.30. The van der Waals surface area contributed by atoms with Crippen LogP contribution in [0.25, 0.3) is 0 Å². The number of aromatic nitrogens is 3. The average molecular weight is 214 g/mol. The van der Waals surface area contributed by atoms with Gasteiger partial charge in [0.15, 0.2) is 0 Å². The van der Waals surface area contributed by atoms with Crippen molar-refractivity contribution in [1.82, 2.24) is 15.0 Å². The number of hydrogen-bond acceptors (Lipinski definition) is 4. The number of amides is 1. The zero-order valence-electron chi connectivity index (χ0n) is 8.71. The fraction of sp³-hybridized carbons (Fsp3) is 0.0909. The summed E-state index contributed by atoms with van der Waals surface area (Å²) in [6.45, 7) is 1.93. The van der Waals surface area contributed by atoms with Gasteiger partial charge in [0.2, 0.25) is 0 Å². The lowest BCUT2D eigenvalue weighted by Crippen LogP contribution is -2.14. The van der Waals surface area contributed by atoms with E-state index in [1.165, 1.54) is 18.6 Å². The van der Waals surface area contributed by atoms with Gasteiger partial charge in [-0.05, 0) is 24.6 Å². The predicted octanol–water partition coefficient (Wildman–Crippen LogP) is 1.43. The van der Waals surface area contributed by atoms with Gasteiger partial charge in [0.1, 0.15) is 11.5 Å². The van der Waals surface area contributed by atoms with Crippen LogP contribution in [0.5, 0.6) is 0 Å². The van der Waals surface area contributed by atoms with Gasteiger partial charge in [-0.25, -0.2) is 9.97 Å². The minimum absolute atomic E-state index is 0.269. The molecular weight excluding hydrogens is 204 g/mol. The average Bonchev–Trinajstić information content (AvgIpc) is 2.30. The molecule has 2 aromatic heterocycles. The standard InChI is InChI=1S/C11H10N4O/c1-8-2-3-14-10(6-8)15-11(16)9-7-12-4-5-13-9/h2-7H,1H3,(H,14,15,16). The van der Waals surface area contributed by atoms with Crippen molar-refractivity contribution in [2.75, 3.05) is 5.32 Å². The molecule has 0 saturated heterocycles. The number of carbonyl (C=O) groups is 1. The molecule has 1 amide bonds. The summed E-state index contributed by atoms with van der Waals surface area (Å²) in [6.07, 6.45) is 6.03. The van der Waals surface area contributed by atoms with Crippen LogP contribution in [0.4, 0.5) is 5.82 Å². The van der Waals surface area contributed by atoms with E-state index in [-0.39, 0.29) is 11.6 Å². The summed E-state index contributed by atoms with van der Waals surface area (Å²) in [5.74, 6) is 0.196. The molecule has 0 radical (unpaired) electrons. The Morgan fingerprint density at radius 3 is 2.81 bits per heavy atom. The first-order chi connectivity index (χ1) is 7.75. The molecule has 0 saturated carbocycles. The van der Waals surface area contributed by atoms with Gasteiger partial charge < -0.3 is 5.32 Å². The summed E-state index contributed by atoms with van der Waals surface area (Å²) in [6, 6.07) is 3.65. The highest BCUT2D eigenvalue weighted by Crippen LogP contribution is 2.06. The van der Waals surface area contributed by atoms with Gasteiger partial charge >= 0.3 is 0 Å². The molecule has 0 bridgehead atoms. The monoisotopic (exact) mass is 214 g/mol. The van der Waals surface area contributed by atoms with Crippen molar-refractivity contribution in [2.45, 2.75) is 6.92 Å². The van der Waals surface area contributed by atoms with Gasteiger partial charge in [0.25, 0.3) is 5.91 Å². The number of nitrogens with one attached hydrogen (secondary N) is 1. The van der Waals surface area contributed by atoms with Crippen LogP contribution in [-0.2, 0) is 0 Å². The molecule has 0 aliphatic rings. The molecule has 5 nitrogen and oxygen atoms in total. The zero-order valence-corrected chi connectivity index (χ0v) is 8.71. The lowest BCUT2D eigenvalue weighted by atomic mass is 10.3. The van der Waals surface area contributed by atoms with E-state index < -0.39 is 0 Å². The smallest absolute Gasteiger partial charge is 0.277 e. The molecule has 80 valence electrons. The van der Waals surface area contributed by atoms with Gasteiger partial charge in [0.05, 0.1) is 6.20 Å². The van der Waals surface area contributed by atoms with Crippen LogP contribution >= 0.6 is 0 Å². The minimum atomic E-state index is -0.314. The van der Waals surface area contributed by atoms with Crippen molar-refractivity contribution in [1.29, 1.82) is 0 Å². The van der Waals surface area contributed by atoms with Crippen LogP contribution in [0, 0.1) is 6.92 Å². The Labute approximate surface area is 92.6 Å². The van der Waals surface area contributed by atoms with Crippen molar-refractivity contribution >= 4 is 11.7 Å². The predicted molar refractivity (Wildman–Crippen MR) is 59.0 cm³/mol. The molecule has 0 aromatic carbocycles. The largest absolute Gasteiger partial charge is 0.305 e. The van der Waals surface area contributed by atoms with E-state index in [1.54, 1.807) is 12.3 Å². The van der Waals surface area contributed by atoms with Crippen LogP contribution < -0.4 is 5.32 Å². The zero-order chi connectivity index (χ0) is 11.4. The SMILES string of the molecule is Cc1ccnc(NC(=O)c2cnccn2)c1. The number of pyridine rings is 1. The van der Waals surface area contributed by atoms with Crippen molar-refractivity contribution in [3.05, 3.63) is 48.2 Å². The molecule has 2 aromatic rings. The Balaban J connectivity index is 2.14. The van der Waals surface area contributed by atoms with Gasteiger partial charge in [0, 0.05) is 18.6 Å². The molecule has 2 heterocycles. The van der Waals surface area contributed by atoms with Gasteiger partial charge in [-0.2, -0.15) is 0 Å². The molecule has 0 unspecified atom stereocenters. The summed E-state index contributed by atoms with van der Waals surface area (Å²) in [4.78, 5) is 23.4. The van der Waals surface area contributed by atoms with E-state index in [9.17, 15) is 4.79 Å². The Morgan fingerprint density at radius 1 is 1.25 bits per heavy atom. The number of aryl methyl sites for hydroxylation is 1. The maximum Gasteiger partial charge on any atom is 0.277 e. The fourth-order valence-corrected chi connectivity index (χ4v) is 1.20. The number of rotatable bonds is 2. The molecule has 16 heavy (non-hydrogen) atoms. The van der Waals surface area contributed by atoms with Crippen molar-refractivity contribution < 1.29 is 4.79 Å². The quantitative estimate of drug-likeness (QED) is 0.821. The van der Waals surface area contributed by atoms with E-state index in [2.05, 4.69) is 20.3 Å². The third kappa shape index (κ3) is 2.38. The third-order valence-electron chi connectivity index (χ3n) is 1.95. The molecule has 2 rings (SSSR count). The second-order valence-corrected chi connectivity index (χ2v) is 3.26. The topological polar surface area (TPSA) is 67.8 Å². The number of carbonyl (C=O) groups excluding carboxylic acids is 1. The lowest BCUT2D eigenvalue weighted by Gasteiger charge is -2.03. The van der Waals surface area contributed by atoms with Crippen LogP contribution in [0.1, 0.15) is 16.1 Å². The van der Waals surface area contributed by atoms with Crippen molar-refractivity contribution in [2.24, 2.45) is 0 Å². The Morgan fingerprint density at radius 2 is 2.12 bits per heavy atom. The number of nitrogens with zero attached hydrogens (tertiary/aromatic N) is 3. The first kappa shape index (κ1) is 10.2. The van der Waals surface area contributed by atoms with E-state index in [4.69, 9.17) is 0 Å². The van der Waals surface area contributed by atoms with Crippen molar-refractivity contribution in [3.63, 3.8) is 0 Å². The van der Waals surface area contributed by atoms with Gasteiger partial charge in [-0.1, -0.05) is 0 Å². The molecule has 0 fully saturated rings. The first-order valence-corrected chi connectivity index (χ1v) is 4.76. The van der Waals surface area contributed by atoms with Gasteiger partial charge in [-0.15, -0.1) is 0 Å². The van der Waals surface area contributed by atoms with E-state index in [1.807, 2.05) is 13.0 Å². The van der Waals surface area contributed by atoms with Crippen LogP contribution in [-0.4, -0.2) is 20.9 Å². The maximum atomic E-state index is 11.7. The minimum Gasteiger partial charge on any atom is -0.305 e. The normalized spacial score (nSPS) is 9.81. The summed E-state index contributed by atoms with van der Waals surface area (Å²) in [5, 5.41) is 2.65. The Kier molecular flexibility index (Phi) is 2.86. The molecule has 0 atom stereocenters. The summed E-state index contributed by atoms with van der Waals surface area (Å²) < 4.78 is 0. The highest BCUT2D eigenvalue weighted by Gasteiger charge is 2.07. The highest BCUT2D eigenvalue weighted by atomic mass is 16.1. The lowest BCUT2D eigenvalue weighted by molar-refractivity contribution is 0.102. The van der Waals surface area contributed by atoms with E-state index in [0.717, 1.165) is 5.56 Å². The van der Waals surface area contributed by atoms with Crippen LogP contribution in [0.15, 0.2) is 36.9 Å². The highest BCUT2D eigenvalue weighted by molar-refractivity contribution is 6.02. The summed E-state index contributed by atoms with van der Waals surface area (Å²) >= 11 is 0. The van der Waals surface area contributed by atoms with E-state index >= 15 is 0 Å². The number of hydrogen-bond donors (Lipinski definition) is 1. The molecule has 0 aliphatic carbocycles. The van der Waals surface area contributed by atoms with Crippen molar-refractivity contribution in [3.8, 4) is 0 Å². The molecule has 0 spiro atoms.